The van der Waals surface area contributed by atoms with Gasteiger partial charge in [0.2, 0.25) is 11.8 Å². The van der Waals surface area contributed by atoms with Crippen molar-refractivity contribution in [1.29, 1.82) is 0 Å². The summed E-state index contributed by atoms with van der Waals surface area (Å²) in [5, 5.41) is 2.50. The number of benzene rings is 1. The van der Waals surface area contributed by atoms with Crippen LogP contribution in [0.2, 0.25) is 0 Å². The summed E-state index contributed by atoms with van der Waals surface area (Å²) in [4.78, 5) is 36.8. The van der Waals surface area contributed by atoms with Gasteiger partial charge in [-0.1, -0.05) is 18.2 Å². The molecule has 0 bridgehead atoms. The van der Waals surface area contributed by atoms with Gasteiger partial charge in [-0.05, 0) is 32.9 Å². The summed E-state index contributed by atoms with van der Waals surface area (Å²) < 4.78 is 20.9. The fourth-order valence-electron chi connectivity index (χ4n) is 2.45. The third-order valence-electron chi connectivity index (χ3n) is 3.64. The summed E-state index contributed by atoms with van der Waals surface area (Å²) in [7, 11) is 0. The summed E-state index contributed by atoms with van der Waals surface area (Å²) >= 11 is 0. The van der Waals surface area contributed by atoms with Crippen LogP contribution in [0.5, 0.6) is 5.75 Å². The molecule has 1 N–H and O–H groups in total. The molecule has 0 saturated carbocycles. The van der Waals surface area contributed by atoms with Crippen LogP contribution < -0.4 is 10.1 Å². The Morgan fingerprint density at radius 2 is 1.57 bits per heavy atom. The van der Waals surface area contributed by atoms with Crippen LogP contribution in [0.4, 0.5) is 5.88 Å². The van der Waals surface area contributed by atoms with Gasteiger partial charge in [-0.25, -0.2) is 9.59 Å². The van der Waals surface area contributed by atoms with Gasteiger partial charge in [0.15, 0.2) is 0 Å². The Morgan fingerprint density at radius 1 is 0.964 bits per heavy atom. The Hall–Kier alpha value is -3.29. The largest absolute Gasteiger partial charge is 0.493 e. The first-order chi connectivity index (χ1) is 13.5. The van der Waals surface area contributed by atoms with E-state index in [-0.39, 0.29) is 49.0 Å². The molecule has 0 spiro atoms. The number of hydrogen-bond acceptors (Lipinski definition) is 7. The van der Waals surface area contributed by atoms with Gasteiger partial charge in [-0.15, -0.1) is 0 Å². The van der Waals surface area contributed by atoms with Crippen molar-refractivity contribution >= 4 is 23.7 Å². The van der Waals surface area contributed by atoms with Crippen LogP contribution in [0.15, 0.2) is 34.7 Å². The molecule has 28 heavy (non-hydrogen) atoms. The molecule has 8 nitrogen and oxygen atoms in total. The van der Waals surface area contributed by atoms with E-state index in [1.807, 2.05) is 18.2 Å². The summed E-state index contributed by atoms with van der Waals surface area (Å²) in [5.41, 5.74) is -0.216. The Labute approximate surface area is 162 Å². The van der Waals surface area contributed by atoms with Crippen LogP contribution in [-0.2, 0) is 14.3 Å². The normalized spacial score (nSPS) is 10.2. The highest BCUT2D eigenvalue weighted by molar-refractivity contribution is 6.09. The molecule has 2 rings (SSSR count). The van der Waals surface area contributed by atoms with Crippen molar-refractivity contribution in [3.8, 4) is 5.75 Å². The molecule has 150 valence electrons. The lowest BCUT2D eigenvalue weighted by Gasteiger charge is -2.08. The highest BCUT2D eigenvalue weighted by Gasteiger charge is 2.31. The summed E-state index contributed by atoms with van der Waals surface area (Å²) in [6.45, 7) is 5.15. The minimum Gasteiger partial charge on any atom is -0.493 e. The van der Waals surface area contributed by atoms with E-state index < -0.39 is 17.8 Å². The first kappa shape index (κ1) is 21.0. The third kappa shape index (κ3) is 5.35. The molecule has 0 unspecified atom stereocenters. The number of carbonyl (C=O) groups excluding carboxylic acids is 3. The van der Waals surface area contributed by atoms with Crippen LogP contribution in [0.3, 0.4) is 0 Å². The van der Waals surface area contributed by atoms with Crippen LogP contribution in [0, 0.1) is 6.92 Å². The predicted octanol–water partition coefficient (Wildman–Crippen LogP) is 3.35. The van der Waals surface area contributed by atoms with Crippen molar-refractivity contribution in [2.75, 3.05) is 25.1 Å². The summed E-state index contributed by atoms with van der Waals surface area (Å²) in [5.74, 6) is -1.30. The zero-order chi connectivity index (χ0) is 20.5. The number of amides is 1. The number of aryl methyl sites for hydroxylation is 1. The van der Waals surface area contributed by atoms with Gasteiger partial charge in [0, 0.05) is 0 Å². The van der Waals surface area contributed by atoms with Crippen molar-refractivity contribution in [1.82, 2.24) is 0 Å². The molecule has 1 heterocycles. The quantitative estimate of drug-likeness (QED) is 0.656. The van der Waals surface area contributed by atoms with E-state index in [9.17, 15) is 14.4 Å². The van der Waals surface area contributed by atoms with Crippen molar-refractivity contribution in [3.05, 3.63) is 47.2 Å². The molecule has 0 atom stereocenters. The van der Waals surface area contributed by atoms with Crippen LogP contribution in [-0.4, -0.2) is 37.7 Å². The number of carbonyl (C=O) groups is 3. The molecule has 1 aromatic heterocycles. The zero-order valence-electron chi connectivity index (χ0n) is 16.1. The molecular weight excluding hydrogens is 366 g/mol. The number of nitrogens with one attached hydrogen (secondary N) is 1. The van der Waals surface area contributed by atoms with Crippen molar-refractivity contribution in [3.63, 3.8) is 0 Å². The van der Waals surface area contributed by atoms with Crippen LogP contribution >= 0.6 is 0 Å². The lowest BCUT2D eigenvalue weighted by atomic mass is 10.1. The van der Waals surface area contributed by atoms with E-state index in [1.54, 1.807) is 26.0 Å². The number of furan rings is 1. The third-order valence-corrected chi connectivity index (χ3v) is 3.64. The number of para-hydroxylation sites is 1. The highest BCUT2D eigenvalue weighted by atomic mass is 16.5. The van der Waals surface area contributed by atoms with E-state index in [0.717, 1.165) is 0 Å². The van der Waals surface area contributed by atoms with E-state index in [0.29, 0.717) is 5.75 Å². The average molecular weight is 389 g/mol. The zero-order valence-corrected chi connectivity index (χ0v) is 16.1. The maximum atomic E-state index is 12.3. The molecular formula is C20H23NO7. The number of ether oxygens (including phenoxy) is 3. The highest BCUT2D eigenvalue weighted by Crippen LogP contribution is 2.29. The van der Waals surface area contributed by atoms with Crippen LogP contribution in [0.25, 0.3) is 0 Å². The van der Waals surface area contributed by atoms with Crippen molar-refractivity contribution < 1.29 is 33.0 Å². The molecule has 2 aromatic rings. The maximum Gasteiger partial charge on any atom is 0.344 e. The van der Waals surface area contributed by atoms with Crippen molar-refractivity contribution in [2.24, 2.45) is 0 Å². The number of esters is 2. The van der Waals surface area contributed by atoms with Gasteiger partial charge in [-0.3, -0.25) is 10.1 Å². The smallest absolute Gasteiger partial charge is 0.344 e. The van der Waals surface area contributed by atoms with Gasteiger partial charge in [0.25, 0.3) is 0 Å². The minimum atomic E-state index is -0.779. The number of rotatable bonds is 9. The Bertz CT molecular complexity index is 827. The monoisotopic (exact) mass is 389 g/mol. The molecule has 0 radical (unpaired) electrons. The summed E-state index contributed by atoms with van der Waals surface area (Å²) in [6.07, 6.45) is 0.0195. The lowest BCUT2D eigenvalue weighted by Crippen LogP contribution is -2.18. The van der Waals surface area contributed by atoms with Gasteiger partial charge in [0.05, 0.1) is 26.2 Å². The standard InChI is InChI=1S/C20H23NO7/c1-4-25-19(23)16-13(3)28-18(17(16)20(24)26-5-2)21-15(22)11-12-27-14-9-7-6-8-10-14/h6-10H,4-5,11-12H2,1-3H3,(H,21,22). The van der Waals surface area contributed by atoms with Crippen molar-refractivity contribution in [2.45, 2.75) is 27.2 Å². The molecule has 8 heteroatoms. The summed E-state index contributed by atoms with van der Waals surface area (Å²) in [6, 6.07) is 9.06. The Morgan fingerprint density at radius 3 is 2.18 bits per heavy atom. The Balaban J connectivity index is 2.12. The SMILES string of the molecule is CCOC(=O)c1c(C)oc(NC(=O)CCOc2ccccc2)c1C(=O)OCC. The number of hydrogen-bond donors (Lipinski definition) is 1. The van der Waals surface area contributed by atoms with Crippen LogP contribution in [0.1, 0.15) is 46.7 Å². The van der Waals surface area contributed by atoms with E-state index in [4.69, 9.17) is 18.6 Å². The molecule has 0 fully saturated rings. The first-order valence-corrected chi connectivity index (χ1v) is 8.93. The predicted molar refractivity (Wildman–Crippen MR) is 101 cm³/mol. The van der Waals surface area contributed by atoms with Gasteiger partial charge in [-0.2, -0.15) is 0 Å². The Kier molecular flexibility index (Phi) is 7.62. The molecule has 0 aliphatic heterocycles. The second-order valence-corrected chi connectivity index (χ2v) is 5.64. The fourth-order valence-corrected chi connectivity index (χ4v) is 2.45. The van der Waals surface area contributed by atoms with Gasteiger partial charge in [0.1, 0.15) is 22.6 Å². The number of anilines is 1. The van der Waals surface area contributed by atoms with E-state index in [1.165, 1.54) is 6.92 Å². The molecule has 0 aliphatic carbocycles. The van der Waals surface area contributed by atoms with E-state index >= 15 is 0 Å². The lowest BCUT2D eigenvalue weighted by molar-refractivity contribution is -0.116. The first-order valence-electron chi connectivity index (χ1n) is 8.93. The average Bonchev–Trinajstić information content (AvgIpc) is 2.98. The minimum absolute atomic E-state index is 0.0195. The fraction of sp³-hybridized carbons (Fsp3) is 0.350. The molecule has 1 aromatic carbocycles. The van der Waals surface area contributed by atoms with Gasteiger partial charge >= 0.3 is 11.9 Å². The second-order valence-electron chi connectivity index (χ2n) is 5.64. The molecule has 0 aliphatic rings. The van der Waals surface area contributed by atoms with Gasteiger partial charge < -0.3 is 18.6 Å². The maximum absolute atomic E-state index is 12.3. The van der Waals surface area contributed by atoms with E-state index in [2.05, 4.69) is 5.32 Å². The molecule has 1 amide bonds. The second kappa shape index (κ2) is 10.1. The molecule has 0 saturated heterocycles. The topological polar surface area (TPSA) is 104 Å².